The van der Waals surface area contributed by atoms with Gasteiger partial charge in [-0.2, -0.15) is 0 Å². The molecule has 0 bridgehead atoms. The highest BCUT2D eigenvalue weighted by molar-refractivity contribution is 6.18. The van der Waals surface area contributed by atoms with E-state index in [0.717, 1.165) is 6.42 Å². The molecule has 4 heteroatoms. The Morgan fingerprint density at radius 1 is 1.83 bits per heavy atom. The van der Waals surface area contributed by atoms with E-state index in [1.54, 1.807) is 0 Å². The van der Waals surface area contributed by atoms with Crippen molar-refractivity contribution in [3.63, 3.8) is 0 Å². The molecule has 0 radical (unpaired) electrons. The Labute approximate surface area is 77.4 Å². The first-order valence-electron chi connectivity index (χ1n) is 4.18. The number of halogens is 1. The third-order valence-electron chi connectivity index (χ3n) is 1.92. The molecule has 0 aliphatic carbocycles. The summed E-state index contributed by atoms with van der Waals surface area (Å²) in [5.41, 5.74) is 0. The van der Waals surface area contributed by atoms with Crippen LogP contribution in [0.1, 0.15) is 13.3 Å². The summed E-state index contributed by atoms with van der Waals surface area (Å²) in [6.45, 7) is 3.15. The highest BCUT2D eigenvalue weighted by Gasteiger charge is 2.23. The normalized spacial score (nSPS) is 25.3. The van der Waals surface area contributed by atoms with Crippen LogP contribution >= 0.6 is 11.6 Å². The van der Waals surface area contributed by atoms with Gasteiger partial charge in [0.1, 0.15) is 0 Å². The number of amides is 1. The molecule has 2 atom stereocenters. The topological polar surface area (TPSA) is 38.3 Å². The van der Waals surface area contributed by atoms with Crippen LogP contribution < -0.4 is 5.32 Å². The summed E-state index contributed by atoms with van der Waals surface area (Å²) in [5, 5.41) is 2.82. The molecule has 0 saturated carbocycles. The predicted octanol–water partition coefficient (Wildman–Crippen LogP) is 0.766. The first-order chi connectivity index (χ1) is 5.74. The van der Waals surface area contributed by atoms with Crippen molar-refractivity contribution in [2.45, 2.75) is 19.4 Å². The molecule has 1 N–H and O–H groups in total. The van der Waals surface area contributed by atoms with Crippen LogP contribution in [-0.4, -0.2) is 31.0 Å². The lowest BCUT2D eigenvalue weighted by Crippen LogP contribution is -2.38. The van der Waals surface area contributed by atoms with E-state index in [0.29, 0.717) is 19.1 Å². The second kappa shape index (κ2) is 4.67. The van der Waals surface area contributed by atoms with Crippen LogP contribution in [0.2, 0.25) is 0 Å². The number of hydrogen-bond donors (Lipinski definition) is 1. The SMILES string of the molecule is CC(CCl)NC(=O)C1CCOC1. The van der Waals surface area contributed by atoms with Crippen LogP contribution in [0.5, 0.6) is 0 Å². The summed E-state index contributed by atoms with van der Waals surface area (Å²) < 4.78 is 5.10. The third-order valence-corrected chi connectivity index (χ3v) is 2.38. The van der Waals surface area contributed by atoms with Gasteiger partial charge in [-0.15, -0.1) is 11.6 Å². The fourth-order valence-electron chi connectivity index (χ4n) is 1.14. The van der Waals surface area contributed by atoms with Gasteiger partial charge in [-0.25, -0.2) is 0 Å². The molecule has 70 valence electrons. The number of hydrogen-bond acceptors (Lipinski definition) is 2. The molecule has 1 aliphatic rings. The number of carbonyl (C=O) groups is 1. The van der Waals surface area contributed by atoms with Crippen molar-refractivity contribution >= 4 is 17.5 Å². The monoisotopic (exact) mass is 191 g/mol. The third kappa shape index (κ3) is 2.64. The van der Waals surface area contributed by atoms with Crippen molar-refractivity contribution < 1.29 is 9.53 Å². The molecule has 1 heterocycles. The summed E-state index contributed by atoms with van der Waals surface area (Å²) >= 11 is 5.56. The Kier molecular flexibility index (Phi) is 3.82. The average Bonchev–Trinajstić information content (AvgIpc) is 2.56. The maximum atomic E-state index is 11.4. The molecule has 0 aromatic rings. The van der Waals surface area contributed by atoms with Crippen molar-refractivity contribution in [3.05, 3.63) is 0 Å². The van der Waals surface area contributed by atoms with Crippen molar-refractivity contribution in [1.82, 2.24) is 5.32 Å². The van der Waals surface area contributed by atoms with Crippen LogP contribution in [0.15, 0.2) is 0 Å². The van der Waals surface area contributed by atoms with Gasteiger partial charge < -0.3 is 10.1 Å². The second-order valence-corrected chi connectivity index (χ2v) is 3.43. The first kappa shape index (κ1) is 9.81. The van der Waals surface area contributed by atoms with E-state index in [1.165, 1.54) is 0 Å². The lowest BCUT2D eigenvalue weighted by atomic mass is 10.1. The minimum absolute atomic E-state index is 0.0377. The maximum Gasteiger partial charge on any atom is 0.225 e. The Bertz CT molecular complexity index is 157. The standard InChI is InChI=1S/C8H14ClNO2/c1-6(4-9)10-8(11)7-2-3-12-5-7/h6-7H,2-5H2,1H3,(H,10,11). The summed E-state index contributed by atoms with van der Waals surface area (Å²) in [7, 11) is 0. The van der Waals surface area contributed by atoms with Gasteiger partial charge in [-0.05, 0) is 13.3 Å². The smallest absolute Gasteiger partial charge is 0.225 e. The summed E-state index contributed by atoms with van der Waals surface area (Å²) in [6.07, 6.45) is 0.834. The molecule has 0 aromatic carbocycles. The number of ether oxygens (including phenoxy) is 1. The Balaban J connectivity index is 2.27. The fraction of sp³-hybridized carbons (Fsp3) is 0.875. The van der Waals surface area contributed by atoms with Crippen molar-refractivity contribution in [1.29, 1.82) is 0 Å². The van der Waals surface area contributed by atoms with E-state index in [2.05, 4.69) is 5.32 Å². The molecule has 12 heavy (non-hydrogen) atoms. The van der Waals surface area contributed by atoms with E-state index in [1.807, 2.05) is 6.92 Å². The fourth-order valence-corrected chi connectivity index (χ4v) is 1.22. The van der Waals surface area contributed by atoms with Gasteiger partial charge in [0.2, 0.25) is 5.91 Å². The van der Waals surface area contributed by atoms with Gasteiger partial charge in [-0.1, -0.05) is 0 Å². The van der Waals surface area contributed by atoms with Gasteiger partial charge in [0.25, 0.3) is 0 Å². The Hall–Kier alpha value is -0.280. The van der Waals surface area contributed by atoms with Gasteiger partial charge >= 0.3 is 0 Å². The molecule has 3 nitrogen and oxygen atoms in total. The van der Waals surface area contributed by atoms with Crippen LogP contribution in [0, 0.1) is 5.92 Å². The van der Waals surface area contributed by atoms with Gasteiger partial charge in [0.15, 0.2) is 0 Å². The minimum atomic E-state index is 0.0377. The van der Waals surface area contributed by atoms with Gasteiger partial charge in [0, 0.05) is 18.5 Å². The molecule has 1 amide bonds. The predicted molar refractivity (Wildman–Crippen MR) is 47.3 cm³/mol. The first-order valence-corrected chi connectivity index (χ1v) is 4.71. The Morgan fingerprint density at radius 2 is 2.58 bits per heavy atom. The van der Waals surface area contributed by atoms with Crippen LogP contribution in [0.4, 0.5) is 0 Å². The number of rotatable bonds is 3. The van der Waals surface area contributed by atoms with Crippen molar-refractivity contribution in [3.8, 4) is 0 Å². The number of alkyl halides is 1. The van der Waals surface area contributed by atoms with Crippen molar-refractivity contribution in [2.24, 2.45) is 5.92 Å². The lowest BCUT2D eigenvalue weighted by Gasteiger charge is -2.13. The lowest BCUT2D eigenvalue weighted by molar-refractivity contribution is -0.125. The number of carbonyl (C=O) groups excluding carboxylic acids is 1. The highest BCUT2D eigenvalue weighted by atomic mass is 35.5. The molecule has 1 rings (SSSR count). The zero-order valence-corrected chi connectivity index (χ0v) is 7.93. The highest BCUT2D eigenvalue weighted by Crippen LogP contribution is 2.12. The zero-order valence-electron chi connectivity index (χ0n) is 7.18. The maximum absolute atomic E-state index is 11.4. The molecule has 0 spiro atoms. The summed E-state index contributed by atoms with van der Waals surface area (Å²) in [6, 6.07) is 0.0553. The van der Waals surface area contributed by atoms with Crippen LogP contribution in [-0.2, 0) is 9.53 Å². The minimum Gasteiger partial charge on any atom is -0.381 e. The zero-order chi connectivity index (χ0) is 8.97. The van der Waals surface area contributed by atoms with E-state index in [4.69, 9.17) is 16.3 Å². The van der Waals surface area contributed by atoms with Crippen LogP contribution in [0.25, 0.3) is 0 Å². The van der Waals surface area contributed by atoms with E-state index in [-0.39, 0.29) is 17.9 Å². The summed E-state index contributed by atoms with van der Waals surface area (Å²) in [5.74, 6) is 0.565. The molecule has 0 aromatic heterocycles. The Morgan fingerprint density at radius 3 is 3.08 bits per heavy atom. The van der Waals surface area contributed by atoms with Gasteiger partial charge in [0.05, 0.1) is 12.5 Å². The quantitative estimate of drug-likeness (QED) is 0.670. The van der Waals surface area contributed by atoms with Crippen LogP contribution in [0.3, 0.4) is 0 Å². The van der Waals surface area contributed by atoms with E-state index >= 15 is 0 Å². The largest absolute Gasteiger partial charge is 0.381 e. The van der Waals surface area contributed by atoms with Crippen molar-refractivity contribution in [2.75, 3.05) is 19.1 Å². The molecular weight excluding hydrogens is 178 g/mol. The average molecular weight is 192 g/mol. The van der Waals surface area contributed by atoms with Gasteiger partial charge in [-0.3, -0.25) is 4.79 Å². The molecular formula is C8H14ClNO2. The molecule has 1 fully saturated rings. The summed E-state index contributed by atoms with van der Waals surface area (Å²) in [4.78, 5) is 11.4. The molecule has 1 aliphatic heterocycles. The van der Waals surface area contributed by atoms with E-state index in [9.17, 15) is 4.79 Å². The second-order valence-electron chi connectivity index (χ2n) is 3.12. The number of nitrogens with one attached hydrogen (secondary N) is 1. The van der Waals surface area contributed by atoms with E-state index < -0.39 is 0 Å². The molecule has 2 unspecified atom stereocenters. The molecule has 1 saturated heterocycles.